The van der Waals surface area contributed by atoms with Gasteiger partial charge in [0.15, 0.2) is 0 Å². The minimum Gasteiger partial charge on any atom is -0.462 e. The number of allylic oxidation sites excluding steroid dienone is 5. The van der Waals surface area contributed by atoms with E-state index in [2.05, 4.69) is 48.5 Å². The van der Waals surface area contributed by atoms with Gasteiger partial charge in [-0.3, -0.25) is 9.79 Å². The molecular weight excluding hydrogens is 457 g/mol. The van der Waals surface area contributed by atoms with Gasteiger partial charge in [-0.1, -0.05) is 39.0 Å². The van der Waals surface area contributed by atoms with Crippen molar-refractivity contribution in [3.05, 3.63) is 53.4 Å². The first kappa shape index (κ1) is 28.8. The summed E-state index contributed by atoms with van der Waals surface area (Å²) in [5, 5.41) is 3.16. The maximum atomic E-state index is 13.8. The van der Waals surface area contributed by atoms with Gasteiger partial charge in [0.25, 0.3) is 0 Å². The van der Waals surface area contributed by atoms with Crippen LogP contribution in [0.2, 0.25) is 0 Å². The second-order valence-corrected chi connectivity index (χ2v) is 9.53. The standard InChI is InChI=1S/C26H36FN5O2.C2H2/c1-6-18(27)10-7-13-21-23(20-12-9-16-29-25(28-5)30-20)31-24(26(2,3)4)32(21)17-15-19-11-8-14-22(33)34-19;1-2/h6-7,9-10,12,19H,8,11,13-17H2,1-5H3,(H,28,29);1-2H/b10-7-,18-6+;/t19-;/m0./s1. The number of ether oxygens (including phenoxy) is 1. The summed E-state index contributed by atoms with van der Waals surface area (Å²) in [7, 11) is 1.70. The molecule has 0 unspecified atom stereocenters. The summed E-state index contributed by atoms with van der Waals surface area (Å²) >= 11 is 0. The minimum absolute atomic E-state index is 0.0954. The normalized spacial score (nSPS) is 19.8. The number of halogens is 1. The average molecular weight is 496 g/mol. The molecule has 8 heteroatoms. The van der Waals surface area contributed by atoms with Crippen LogP contribution in [-0.2, 0) is 27.9 Å². The number of rotatable bonds is 7. The zero-order valence-electron chi connectivity index (χ0n) is 22.1. The Bertz CT molecular complexity index is 1080. The van der Waals surface area contributed by atoms with Crippen LogP contribution in [0, 0.1) is 12.8 Å². The molecule has 7 nitrogen and oxygen atoms in total. The Labute approximate surface area is 214 Å². The molecule has 2 aliphatic rings. The number of nitrogens with one attached hydrogen (secondary N) is 1. The maximum absolute atomic E-state index is 13.8. The van der Waals surface area contributed by atoms with E-state index >= 15 is 0 Å². The van der Waals surface area contributed by atoms with Crippen LogP contribution < -0.4 is 5.32 Å². The Balaban J connectivity index is 0.00000222. The average Bonchev–Trinajstić information content (AvgIpc) is 3.06. The van der Waals surface area contributed by atoms with Crippen molar-refractivity contribution < 1.29 is 13.9 Å². The fourth-order valence-electron chi connectivity index (χ4n) is 4.12. The molecule has 1 N–H and O–H groups in total. The number of carbonyl (C=O) groups excluding carboxylic acids is 1. The lowest BCUT2D eigenvalue weighted by Gasteiger charge is -2.25. The van der Waals surface area contributed by atoms with Crippen LogP contribution in [0.1, 0.15) is 70.6 Å². The highest BCUT2D eigenvalue weighted by molar-refractivity contribution is 6.13. The third kappa shape index (κ3) is 7.77. The molecule has 3 heterocycles. The van der Waals surface area contributed by atoms with E-state index in [0.717, 1.165) is 30.1 Å². The highest BCUT2D eigenvalue weighted by Crippen LogP contribution is 2.28. The lowest BCUT2D eigenvalue weighted by atomic mass is 9.95. The Morgan fingerprint density at radius 2 is 2.14 bits per heavy atom. The van der Waals surface area contributed by atoms with Gasteiger partial charge in [-0.2, -0.15) is 0 Å². The number of aromatic nitrogens is 2. The smallest absolute Gasteiger partial charge is 0.306 e. The molecule has 0 aromatic carbocycles. The van der Waals surface area contributed by atoms with Crippen molar-refractivity contribution in [3.8, 4) is 12.8 Å². The van der Waals surface area contributed by atoms with Gasteiger partial charge < -0.3 is 14.6 Å². The van der Waals surface area contributed by atoms with E-state index in [0.29, 0.717) is 44.0 Å². The van der Waals surface area contributed by atoms with Crippen molar-refractivity contribution in [1.82, 2.24) is 14.9 Å². The molecule has 1 aromatic heterocycles. The topological polar surface area (TPSA) is 80.9 Å². The number of terminal acetylenes is 1. The fourth-order valence-corrected chi connectivity index (χ4v) is 4.12. The van der Waals surface area contributed by atoms with Crippen molar-refractivity contribution in [3.63, 3.8) is 0 Å². The van der Waals surface area contributed by atoms with Gasteiger partial charge in [0.05, 0.1) is 11.4 Å². The highest BCUT2D eigenvalue weighted by atomic mass is 19.1. The molecule has 0 saturated carbocycles. The molecule has 1 aromatic rings. The number of cyclic esters (lactones) is 1. The summed E-state index contributed by atoms with van der Waals surface area (Å²) in [5.41, 5.74) is 2.20. The van der Waals surface area contributed by atoms with Gasteiger partial charge in [0.1, 0.15) is 23.4 Å². The molecule has 0 aliphatic carbocycles. The first-order valence-corrected chi connectivity index (χ1v) is 12.3. The number of nitrogens with zero attached hydrogens (tertiary/aromatic N) is 4. The molecule has 1 saturated heterocycles. The molecule has 0 spiro atoms. The summed E-state index contributed by atoms with van der Waals surface area (Å²) in [4.78, 5) is 25.8. The van der Waals surface area contributed by atoms with Crippen LogP contribution in [0.15, 0.2) is 46.2 Å². The monoisotopic (exact) mass is 495 g/mol. The number of hydrogen-bond acceptors (Lipinski definition) is 4. The molecule has 3 rings (SSSR count). The Hall–Kier alpha value is -3.47. The zero-order chi connectivity index (χ0) is 26.7. The van der Waals surface area contributed by atoms with Gasteiger partial charge in [0.2, 0.25) is 5.96 Å². The van der Waals surface area contributed by atoms with Crippen LogP contribution in [0.5, 0.6) is 0 Å². The third-order valence-electron chi connectivity index (χ3n) is 5.82. The number of carbonyl (C=O) groups is 1. The van der Waals surface area contributed by atoms with Crippen molar-refractivity contribution in [2.75, 3.05) is 13.6 Å². The van der Waals surface area contributed by atoms with Crippen molar-refractivity contribution >= 4 is 17.6 Å². The Kier molecular flexibility index (Phi) is 10.8. The first-order valence-electron chi connectivity index (χ1n) is 12.3. The van der Waals surface area contributed by atoms with E-state index in [4.69, 9.17) is 14.7 Å². The predicted molar refractivity (Wildman–Crippen MR) is 144 cm³/mol. The van der Waals surface area contributed by atoms with Gasteiger partial charge in [-0.05, 0) is 31.9 Å². The SMILES string of the molecule is C#C.C/C=C(F)\C=C/Cc1c(C2=NC(=NC)NCC=C2)nc(C(C)(C)C)n1CC[C@@H]1CCCC(=O)O1. The van der Waals surface area contributed by atoms with Gasteiger partial charge in [0, 0.05) is 44.8 Å². The highest BCUT2D eigenvalue weighted by Gasteiger charge is 2.28. The van der Waals surface area contributed by atoms with Crippen molar-refractivity contribution in [2.24, 2.45) is 9.98 Å². The molecule has 0 bridgehead atoms. The van der Waals surface area contributed by atoms with Crippen molar-refractivity contribution in [2.45, 2.75) is 77.9 Å². The van der Waals surface area contributed by atoms with E-state index in [-0.39, 0.29) is 23.3 Å². The number of hydrogen-bond donors (Lipinski definition) is 1. The van der Waals surface area contributed by atoms with Gasteiger partial charge in [-0.25, -0.2) is 14.4 Å². The Morgan fingerprint density at radius 3 is 2.78 bits per heavy atom. The quantitative estimate of drug-likeness (QED) is 0.334. The van der Waals surface area contributed by atoms with Crippen LogP contribution >= 0.6 is 0 Å². The second kappa shape index (κ2) is 13.6. The van der Waals surface area contributed by atoms with Crippen LogP contribution in [0.25, 0.3) is 0 Å². The van der Waals surface area contributed by atoms with E-state index in [1.807, 2.05) is 18.2 Å². The summed E-state index contributed by atoms with van der Waals surface area (Å²) in [5.74, 6) is 1.06. The van der Waals surface area contributed by atoms with Crippen LogP contribution in [0.4, 0.5) is 4.39 Å². The van der Waals surface area contributed by atoms with Gasteiger partial charge >= 0.3 is 5.97 Å². The molecule has 2 aliphatic heterocycles. The van der Waals surface area contributed by atoms with E-state index < -0.39 is 0 Å². The summed E-state index contributed by atoms with van der Waals surface area (Å²) in [6.45, 7) is 9.32. The van der Waals surface area contributed by atoms with Crippen LogP contribution in [-0.4, -0.2) is 46.9 Å². The lowest BCUT2D eigenvalue weighted by Crippen LogP contribution is -2.26. The third-order valence-corrected chi connectivity index (χ3v) is 5.82. The van der Waals surface area contributed by atoms with E-state index in [1.54, 1.807) is 14.0 Å². The zero-order valence-corrected chi connectivity index (χ0v) is 22.1. The molecule has 0 radical (unpaired) electrons. The summed E-state index contributed by atoms with van der Waals surface area (Å²) < 4.78 is 21.6. The van der Waals surface area contributed by atoms with Gasteiger partial charge in [-0.15, -0.1) is 12.8 Å². The number of aliphatic imine (C=N–C) groups is 2. The Morgan fingerprint density at radius 1 is 1.39 bits per heavy atom. The lowest BCUT2D eigenvalue weighted by molar-refractivity contribution is -0.154. The number of imidazole rings is 1. The molecule has 36 heavy (non-hydrogen) atoms. The minimum atomic E-state index is -0.283. The summed E-state index contributed by atoms with van der Waals surface area (Å²) in [6.07, 6.45) is 20.0. The van der Waals surface area contributed by atoms with E-state index in [9.17, 15) is 9.18 Å². The number of esters is 1. The molecule has 194 valence electrons. The molecular formula is C28H38FN5O2. The fraction of sp³-hybridized carbons (Fsp3) is 0.500. The van der Waals surface area contributed by atoms with Crippen molar-refractivity contribution in [1.29, 1.82) is 0 Å². The predicted octanol–water partition coefficient (Wildman–Crippen LogP) is 4.82. The summed E-state index contributed by atoms with van der Waals surface area (Å²) in [6, 6.07) is 0. The molecule has 1 atom stereocenters. The second-order valence-electron chi connectivity index (χ2n) is 9.53. The van der Waals surface area contributed by atoms with E-state index in [1.165, 1.54) is 12.2 Å². The first-order chi connectivity index (χ1) is 17.2. The van der Waals surface area contributed by atoms with Crippen LogP contribution in [0.3, 0.4) is 0 Å². The number of guanidine groups is 1. The maximum Gasteiger partial charge on any atom is 0.306 e. The largest absolute Gasteiger partial charge is 0.462 e. The molecule has 1 fully saturated rings. The molecule has 0 amide bonds.